The third-order valence-corrected chi connectivity index (χ3v) is 6.19. The van der Waals surface area contributed by atoms with Gasteiger partial charge in [0.15, 0.2) is 0 Å². The second-order valence-electron chi connectivity index (χ2n) is 9.44. The Kier molecular flexibility index (Phi) is 35.8. The predicted molar refractivity (Wildman–Crippen MR) is 203 cm³/mol. The van der Waals surface area contributed by atoms with Gasteiger partial charge in [0.2, 0.25) is 0 Å². The SMILES string of the molecule is C1CNCCNCCCNCCNC1.N#CC(C#N)=c1ccc(=C(C#N)C#N)cc1.N#CC(C#N)=c1ccc(=C(C#N)C#N)cc1.[Fe+6].[N-]=C=S.[N-]=C=S. The van der Waals surface area contributed by atoms with Crippen molar-refractivity contribution in [3.8, 4) is 48.6 Å². The molecule has 53 heavy (non-hydrogen) atoms. The third kappa shape index (κ3) is 24.6. The van der Waals surface area contributed by atoms with E-state index in [0.717, 1.165) is 52.4 Å². The second-order valence-corrected chi connectivity index (χ2v) is 9.80. The van der Waals surface area contributed by atoms with E-state index in [1.807, 2.05) is 0 Å². The van der Waals surface area contributed by atoms with Crippen LogP contribution >= 0.6 is 24.4 Å². The molecule has 0 amide bonds. The molecule has 0 radical (unpaired) electrons. The summed E-state index contributed by atoms with van der Waals surface area (Å²) in [6.07, 6.45) is 2.44. The van der Waals surface area contributed by atoms with Crippen LogP contribution < -0.4 is 42.1 Å². The number of isothiocyanates is 2. The molecule has 4 N–H and O–H groups in total. The summed E-state index contributed by atoms with van der Waals surface area (Å²) in [7, 11) is 0. The van der Waals surface area contributed by atoms with Gasteiger partial charge < -0.3 is 32.1 Å². The van der Waals surface area contributed by atoms with Gasteiger partial charge in [-0.3, -0.25) is 0 Å². The molecule has 0 spiro atoms. The molecule has 2 aromatic carbocycles. The van der Waals surface area contributed by atoms with Crippen LogP contribution in [0.1, 0.15) is 12.8 Å². The summed E-state index contributed by atoms with van der Waals surface area (Å²) < 4.78 is 0. The van der Waals surface area contributed by atoms with Crippen LogP contribution in [0.4, 0.5) is 0 Å². The zero-order valence-electron chi connectivity index (χ0n) is 28.3. The maximum Gasteiger partial charge on any atom is 6.00 e. The van der Waals surface area contributed by atoms with Gasteiger partial charge in [-0.05, 0) is 39.0 Å². The van der Waals surface area contributed by atoms with Gasteiger partial charge in [-0.2, -0.15) is 52.4 Å². The van der Waals surface area contributed by atoms with Gasteiger partial charge in [-0.1, -0.05) is 73.0 Å². The Bertz CT molecular complexity index is 1690. The van der Waals surface area contributed by atoms with Crippen LogP contribution in [-0.4, -0.2) is 62.7 Å². The van der Waals surface area contributed by atoms with Gasteiger partial charge in [0, 0.05) is 47.1 Å². The molecular formula is C36H32FeN14S2+4. The molecule has 262 valence electrons. The number of thiocarbonyl (C=S) groups is 2. The molecule has 2 aromatic rings. The molecule has 0 bridgehead atoms. The Balaban J connectivity index is -0.000000652. The van der Waals surface area contributed by atoms with Gasteiger partial charge in [0.1, 0.15) is 70.8 Å². The minimum absolute atomic E-state index is 0. The van der Waals surface area contributed by atoms with Crippen molar-refractivity contribution in [3.05, 3.63) is 80.2 Å². The van der Waals surface area contributed by atoms with Crippen LogP contribution in [0.25, 0.3) is 33.1 Å². The van der Waals surface area contributed by atoms with E-state index in [9.17, 15) is 0 Å². The van der Waals surface area contributed by atoms with Gasteiger partial charge in [-0.25, -0.2) is 0 Å². The zero-order valence-corrected chi connectivity index (χ0v) is 31.1. The molecule has 0 atom stereocenters. The van der Waals surface area contributed by atoms with E-state index < -0.39 is 0 Å². The van der Waals surface area contributed by atoms with Crippen LogP contribution in [0.2, 0.25) is 0 Å². The Morgan fingerprint density at radius 1 is 0.396 bits per heavy atom. The molecule has 1 saturated heterocycles. The first-order valence-electron chi connectivity index (χ1n) is 15.1. The first-order valence-corrected chi connectivity index (χ1v) is 15.9. The Labute approximate surface area is 330 Å². The second kappa shape index (κ2) is 37.1. The fourth-order valence-corrected chi connectivity index (χ4v) is 3.75. The summed E-state index contributed by atoms with van der Waals surface area (Å²) in [5.41, 5.74) is 0.00746. The number of benzene rings is 2. The standard InChI is InChI=1S/2C12H4N4.C10H24N4.2CNS.Fe/c2*13-5-11(6-14)9-1-2-10(4-3-9)12(7-15)8-16;1-3-11-7-9-13-5-2-6-14-10-8-12-4-1;2*2-1-3;/h2*1-4H;11-14H,1-10H2;;;/q;;;2*-1;+6. The van der Waals surface area contributed by atoms with Gasteiger partial charge in [0.05, 0.1) is 0 Å². The first kappa shape index (κ1) is 51.2. The maximum atomic E-state index is 8.63. The van der Waals surface area contributed by atoms with Gasteiger partial charge >= 0.3 is 17.1 Å². The molecule has 1 aliphatic rings. The van der Waals surface area contributed by atoms with E-state index in [1.165, 1.54) is 71.7 Å². The van der Waals surface area contributed by atoms with Crippen molar-refractivity contribution in [1.29, 1.82) is 42.1 Å². The molecule has 0 aliphatic carbocycles. The monoisotopic (exact) mass is 780 g/mol. The number of nitriles is 8. The van der Waals surface area contributed by atoms with E-state index in [1.54, 1.807) is 48.6 Å². The Morgan fingerprint density at radius 3 is 0.679 bits per heavy atom. The van der Waals surface area contributed by atoms with Crippen LogP contribution in [0, 0.1) is 90.6 Å². The van der Waals surface area contributed by atoms with Crippen molar-refractivity contribution < 1.29 is 17.1 Å². The minimum atomic E-state index is 0. The first-order chi connectivity index (χ1) is 25.4. The minimum Gasteiger partial charge on any atom is -0.753 e. The third-order valence-electron chi connectivity index (χ3n) is 6.19. The van der Waals surface area contributed by atoms with E-state index in [2.05, 4.69) is 45.7 Å². The van der Waals surface area contributed by atoms with Crippen molar-refractivity contribution in [3.63, 3.8) is 0 Å². The molecule has 1 heterocycles. The molecule has 3 rings (SSSR count). The van der Waals surface area contributed by atoms with E-state index in [4.69, 9.17) is 52.9 Å². The maximum absolute atomic E-state index is 8.63. The Morgan fingerprint density at radius 2 is 0.547 bits per heavy atom. The fourth-order valence-electron chi connectivity index (χ4n) is 3.75. The number of nitrogens with zero attached hydrogens (tertiary/aromatic N) is 10. The molecule has 1 fully saturated rings. The number of hydrogen-bond acceptors (Lipinski definition) is 14. The van der Waals surface area contributed by atoms with Crippen LogP contribution in [0.3, 0.4) is 0 Å². The Hall–Kier alpha value is -6.20. The largest absolute Gasteiger partial charge is 6.00 e. The predicted octanol–water partition coefficient (Wildman–Crippen LogP) is 0.618. The molecule has 1 aliphatic heterocycles. The topological polar surface area (TPSA) is 283 Å². The quantitative estimate of drug-likeness (QED) is 0.162. The van der Waals surface area contributed by atoms with Crippen LogP contribution in [0.5, 0.6) is 0 Å². The van der Waals surface area contributed by atoms with E-state index in [0.29, 0.717) is 20.9 Å². The van der Waals surface area contributed by atoms with Crippen molar-refractivity contribution >= 4 is 57.1 Å². The smallest absolute Gasteiger partial charge is 0.753 e. The van der Waals surface area contributed by atoms with Crippen molar-refractivity contribution in [1.82, 2.24) is 21.3 Å². The normalized spacial score (nSPS) is 11.3. The molecule has 17 heteroatoms. The van der Waals surface area contributed by atoms with Crippen LogP contribution in [0.15, 0.2) is 48.5 Å². The summed E-state index contributed by atoms with van der Waals surface area (Å²) in [4.78, 5) is 0. The van der Waals surface area contributed by atoms with Crippen molar-refractivity contribution in [2.75, 3.05) is 52.4 Å². The zero-order chi connectivity index (χ0) is 39.2. The molecule has 0 unspecified atom stereocenters. The van der Waals surface area contributed by atoms with Crippen molar-refractivity contribution in [2.24, 2.45) is 0 Å². The van der Waals surface area contributed by atoms with Gasteiger partial charge in [0.25, 0.3) is 0 Å². The van der Waals surface area contributed by atoms with Gasteiger partial charge in [-0.15, -0.1) is 0 Å². The molecule has 0 saturated carbocycles. The summed E-state index contributed by atoms with van der Waals surface area (Å²) in [5, 5.41) is 102. The van der Waals surface area contributed by atoms with E-state index in [-0.39, 0.29) is 39.4 Å². The molecular weight excluding hydrogens is 748 g/mol. The summed E-state index contributed by atoms with van der Waals surface area (Å²) in [6.45, 7) is 8.87. The van der Waals surface area contributed by atoms with Crippen LogP contribution in [-0.2, 0) is 17.1 Å². The number of hydrogen-bond donors (Lipinski definition) is 4. The molecule has 14 nitrogen and oxygen atoms in total. The van der Waals surface area contributed by atoms with Crippen molar-refractivity contribution in [2.45, 2.75) is 12.8 Å². The van der Waals surface area contributed by atoms with E-state index >= 15 is 0 Å². The fraction of sp³-hybridized carbons (Fsp3) is 0.278. The summed E-state index contributed by atoms with van der Waals surface area (Å²) in [6, 6.07) is 26.4. The summed E-state index contributed by atoms with van der Waals surface area (Å²) >= 11 is 7.40. The average molecular weight is 781 g/mol. The summed E-state index contributed by atoms with van der Waals surface area (Å²) in [5.74, 6) is 0. The molecule has 0 aromatic heterocycles. The number of nitrogens with one attached hydrogen (secondary N) is 4. The average Bonchev–Trinajstić information content (AvgIpc) is 3.17. The number of rotatable bonds is 0.